The molecule has 16 heteroatoms. The number of carbonyl (C=O) groups is 2. The van der Waals surface area contributed by atoms with Crippen molar-refractivity contribution < 1.29 is 39.5 Å². The summed E-state index contributed by atoms with van der Waals surface area (Å²) in [5, 5.41) is 63.5. The molecule has 0 amide bonds. The quantitative estimate of drug-likeness (QED) is 0.422. The molecule has 2 N–H and O–H groups in total. The van der Waals surface area contributed by atoms with Crippen LogP contribution in [0.1, 0.15) is 6.92 Å². The first kappa shape index (κ1) is 19.1. The van der Waals surface area contributed by atoms with Crippen molar-refractivity contribution >= 4 is 11.9 Å². The summed E-state index contributed by atoms with van der Waals surface area (Å²) in [6.07, 6.45) is 0.0553. The number of nitrogens with zero attached hydrogens (tertiary/aromatic N) is 4. The Morgan fingerprint density at radius 1 is 0.880 bits per heavy atom. The highest BCUT2D eigenvalue weighted by Gasteiger charge is 2.94. The smallest absolute Gasteiger partial charge is 0.475 e. The van der Waals surface area contributed by atoms with Crippen LogP contribution in [0.2, 0.25) is 0 Å². The predicted molar refractivity (Wildman–Crippen MR) is 69.5 cm³/mol. The third-order valence-electron chi connectivity index (χ3n) is 3.51. The number of hydrogen-bond donors (Lipinski definition) is 2. The Morgan fingerprint density at radius 2 is 1.28 bits per heavy atom. The van der Waals surface area contributed by atoms with Crippen LogP contribution in [0.25, 0.3) is 0 Å². The Morgan fingerprint density at radius 3 is 1.52 bits per heavy atom. The molecule has 1 aliphatic carbocycles. The molecule has 0 aliphatic heterocycles. The minimum absolute atomic E-state index is 0.0553. The molecule has 0 bridgehead atoms. The van der Waals surface area contributed by atoms with E-state index >= 15 is 0 Å². The van der Waals surface area contributed by atoms with Gasteiger partial charge >= 0.3 is 34.4 Å². The Bertz CT molecular complexity index is 779. The van der Waals surface area contributed by atoms with Gasteiger partial charge in [0.1, 0.15) is 0 Å². The molecule has 1 aliphatic rings. The van der Waals surface area contributed by atoms with Gasteiger partial charge in [0.25, 0.3) is 0 Å². The Labute approximate surface area is 134 Å². The second-order valence-electron chi connectivity index (χ2n) is 4.62. The van der Waals surface area contributed by atoms with Gasteiger partial charge in [-0.25, -0.2) is 9.59 Å². The van der Waals surface area contributed by atoms with E-state index in [0.29, 0.717) is 6.92 Å². The topological polar surface area (TPSA) is 247 Å². The van der Waals surface area contributed by atoms with Crippen LogP contribution >= 0.6 is 0 Å². The van der Waals surface area contributed by atoms with Crippen LogP contribution in [-0.2, 0) is 9.59 Å². The summed E-state index contributed by atoms with van der Waals surface area (Å²) < 4.78 is 0. The molecule has 0 heterocycles. The van der Waals surface area contributed by atoms with E-state index in [1.807, 2.05) is 0 Å². The number of allylic oxidation sites excluding steroid dienone is 2. The summed E-state index contributed by atoms with van der Waals surface area (Å²) in [4.78, 5) is 60.6. The van der Waals surface area contributed by atoms with Crippen LogP contribution in [0.4, 0.5) is 0 Å². The summed E-state index contributed by atoms with van der Waals surface area (Å²) in [6.45, 7) is 0.647. The number of carboxylic acids is 2. The zero-order valence-corrected chi connectivity index (χ0v) is 11.8. The van der Waals surface area contributed by atoms with E-state index in [4.69, 9.17) is 0 Å². The molecule has 134 valence electrons. The van der Waals surface area contributed by atoms with Crippen molar-refractivity contribution in [2.45, 2.75) is 18.0 Å². The lowest BCUT2D eigenvalue weighted by Crippen LogP contribution is -2.75. The molecule has 0 aromatic heterocycles. The van der Waals surface area contributed by atoms with E-state index in [0.717, 1.165) is 0 Å². The molecular formula is C9H6N4O12. The van der Waals surface area contributed by atoms with Crippen LogP contribution in [0, 0.1) is 40.5 Å². The highest BCUT2D eigenvalue weighted by atomic mass is 16.7. The third kappa shape index (κ3) is 2.00. The molecule has 2 atom stereocenters. The van der Waals surface area contributed by atoms with Gasteiger partial charge in [-0.1, -0.05) is 0 Å². The fraction of sp³-hybridized carbons (Fsp3) is 0.333. The number of hydrogen-bond acceptors (Lipinski definition) is 10. The van der Waals surface area contributed by atoms with Crippen molar-refractivity contribution in [3.8, 4) is 0 Å². The Balaban J connectivity index is 4.43. The van der Waals surface area contributed by atoms with Crippen molar-refractivity contribution in [1.82, 2.24) is 0 Å². The molecule has 0 aromatic rings. The first-order chi connectivity index (χ1) is 11.3. The largest absolute Gasteiger partial charge is 0.492 e. The molecule has 0 aromatic carbocycles. The normalized spacial score (nSPS) is 25.7. The minimum Gasteiger partial charge on any atom is -0.475 e. The Hall–Kier alpha value is -3.98. The van der Waals surface area contributed by atoms with E-state index in [9.17, 15) is 60.3 Å². The summed E-state index contributed by atoms with van der Waals surface area (Å²) in [5.74, 6) is -5.85. The maximum Gasteiger partial charge on any atom is 0.492 e. The molecule has 2 unspecified atom stereocenters. The van der Waals surface area contributed by atoms with Gasteiger partial charge in [0.15, 0.2) is 0 Å². The number of carboxylic acid groups (broad SMARTS) is 2. The van der Waals surface area contributed by atoms with Crippen LogP contribution in [0.5, 0.6) is 0 Å². The number of aliphatic carboxylic acids is 2. The van der Waals surface area contributed by atoms with E-state index in [-0.39, 0.29) is 6.08 Å². The number of nitro groups is 4. The zero-order valence-electron chi connectivity index (χ0n) is 11.8. The van der Waals surface area contributed by atoms with E-state index in [1.165, 1.54) is 0 Å². The van der Waals surface area contributed by atoms with Gasteiger partial charge in [-0.05, 0) is 6.92 Å². The standard InChI is InChI=1S/C9H6N4O12/c1-3-2-4(10(18)19)8(6(14)15,12(22)23)9(7(16)17,13(24)25)5(3)11(20)21/h2H,1H3,(H,14,15)(H,16,17). The van der Waals surface area contributed by atoms with Gasteiger partial charge in [-0.2, -0.15) is 0 Å². The van der Waals surface area contributed by atoms with E-state index in [1.54, 1.807) is 0 Å². The fourth-order valence-corrected chi connectivity index (χ4v) is 2.60. The van der Waals surface area contributed by atoms with Crippen molar-refractivity contribution in [2.75, 3.05) is 0 Å². The van der Waals surface area contributed by atoms with Crippen LogP contribution < -0.4 is 0 Å². The highest BCUT2D eigenvalue weighted by molar-refractivity contribution is 5.96. The second-order valence-corrected chi connectivity index (χ2v) is 4.62. The van der Waals surface area contributed by atoms with E-state index in [2.05, 4.69) is 0 Å². The first-order valence-corrected chi connectivity index (χ1v) is 5.79. The van der Waals surface area contributed by atoms with Crippen molar-refractivity contribution in [1.29, 1.82) is 0 Å². The molecule has 0 fully saturated rings. The van der Waals surface area contributed by atoms with Crippen molar-refractivity contribution in [3.63, 3.8) is 0 Å². The van der Waals surface area contributed by atoms with Gasteiger partial charge in [0, 0.05) is 11.6 Å². The maximum atomic E-state index is 11.6. The third-order valence-corrected chi connectivity index (χ3v) is 3.51. The SMILES string of the molecule is CC1=C([N+](=O)[O-])C(C(=O)O)([N+](=O)[O-])C(C(=O)O)([N+](=O)[O-])C([N+](=O)[O-])=C1. The first-order valence-electron chi connectivity index (χ1n) is 5.79. The van der Waals surface area contributed by atoms with Gasteiger partial charge in [0.05, 0.1) is 19.7 Å². The molecule has 0 saturated heterocycles. The lowest BCUT2D eigenvalue weighted by Gasteiger charge is -2.29. The molecule has 16 nitrogen and oxygen atoms in total. The fourth-order valence-electron chi connectivity index (χ4n) is 2.60. The second kappa shape index (κ2) is 5.58. The maximum absolute atomic E-state index is 11.6. The van der Waals surface area contributed by atoms with Crippen molar-refractivity contribution in [3.05, 3.63) is 63.5 Å². The summed E-state index contributed by atoms with van der Waals surface area (Å²) in [5.41, 5.74) is -14.2. The molecule has 25 heavy (non-hydrogen) atoms. The minimum atomic E-state index is -4.59. The summed E-state index contributed by atoms with van der Waals surface area (Å²) >= 11 is 0. The molecule has 0 saturated carbocycles. The molecule has 0 spiro atoms. The number of rotatable bonds is 6. The monoisotopic (exact) mass is 362 g/mol. The van der Waals surface area contributed by atoms with Crippen LogP contribution in [-0.4, -0.2) is 52.9 Å². The van der Waals surface area contributed by atoms with Crippen LogP contribution in [0.15, 0.2) is 23.0 Å². The Kier molecular flexibility index (Phi) is 4.26. The van der Waals surface area contributed by atoms with Crippen LogP contribution in [0.3, 0.4) is 0 Å². The van der Waals surface area contributed by atoms with Gasteiger partial charge in [-0.15, -0.1) is 0 Å². The highest BCUT2D eigenvalue weighted by Crippen LogP contribution is 2.46. The zero-order chi connectivity index (χ0) is 19.9. The lowest BCUT2D eigenvalue weighted by atomic mass is 9.68. The average molecular weight is 362 g/mol. The molecule has 0 radical (unpaired) electrons. The summed E-state index contributed by atoms with van der Waals surface area (Å²) in [7, 11) is 0. The summed E-state index contributed by atoms with van der Waals surface area (Å²) in [6, 6.07) is 0. The molecular weight excluding hydrogens is 356 g/mol. The lowest BCUT2D eigenvalue weighted by molar-refractivity contribution is -0.682. The van der Waals surface area contributed by atoms with Gasteiger partial charge in [-0.3, -0.25) is 40.5 Å². The predicted octanol–water partition coefficient (Wildman–Crippen LogP) is -1.09. The van der Waals surface area contributed by atoms with Crippen molar-refractivity contribution in [2.24, 2.45) is 0 Å². The van der Waals surface area contributed by atoms with E-state index < -0.39 is 59.7 Å². The molecule has 1 rings (SSSR count). The van der Waals surface area contributed by atoms with Gasteiger partial charge < -0.3 is 10.2 Å². The van der Waals surface area contributed by atoms with Gasteiger partial charge in [0.2, 0.25) is 0 Å². The average Bonchev–Trinajstić information content (AvgIpc) is 2.43.